The zero-order chi connectivity index (χ0) is 10.5. The largest absolute Gasteiger partial charge is 0.314 e. The molecule has 88 valence electrons. The molecule has 0 bridgehead atoms. The Labute approximate surface area is 94.4 Å². The highest BCUT2D eigenvalue weighted by Gasteiger charge is 2.26. The first-order valence-corrected chi connectivity index (χ1v) is 6.87. The third-order valence-corrected chi connectivity index (χ3v) is 4.05. The SMILES string of the molecule is CCNC1CCCC(N2CCCCC2)C1. The average Bonchev–Trinajstić information content (AvgIpc) is 2.31. The van der Waals surface area contributed by atoms with Gasteiger partial charge < -0.3 is 10.2 Å². The van der Waals surface area contributed by atoms with Crippen LogP contribution in [0.4, 0.5) is 0 Å². The highest BCUT2D eigenvalue weighted by molar-refractivity contribution is 4.84. The number of nitrogens with one attached hydrogen (secondary N) is 1. The number of piperidine rings is 1. The number of rotatable bonds is 3. The molecule has 0 aromatic rings. The molecule has 2 fully saturated rings. The fourth-order valence-electron chi connectivity index (χ4n) is 3.25. The minimum Gasteiger partial charge on any atom is -0.314 e. The molecule has 1 aliphatic heterocycles. The average molecular weight is 210 g/mol. The van der Waals surface area contributed by atoms with E-state index in [0.717, 1.165) is 18.6 Å². The first kappa shape index (κ1) is 11.4. The summed E-state index contributed by atoms with van der Waals surface area (Å²) in [5.41, 5.74) is 0. The molecule has 1 saturated carbocycles. The third-order valence-electron chi connectivity index (χ3n) is 4.05. The Morgan fingerprint density at radius 1 is 1.07 bits per heavy atom. The van der Waals surface area contributed by atoms with E-state index in [4.69, 9.17) is 0 Å². The van der Waals surface area contributed by atoms with Crippen molar-refractivity contribution in [1.29, 1.82) is 0 Å². The van der Waals surface area contributed by atoms with Crippen molar-refractivity contribution in [1.82, 2.24) is 10.2 Å². The van der Waals surface area contributed by atoms with E-state index in [9.17, 15) is 0 Å². The molecule has 1 aliphatic carbocycles. The molecule has 0 spiro atoms. The van der Waals surface area contributed by atoms with Gasteiger partial charge in [0.1, 0.15) is 0 Å². The summed E-state index contributed by atoms with van der Waals surface area (Å²) in [6.07, 6.45) is 10.00. The van der Waals surface area contributed by atoms with Crippen LogP contribution in [0.2, 0.25) is 0 Å². The summed E-state index contributed by atoms with van der Waals surface area (Å²) < 4.78 is 0. The van der Waals surface area contributed by atoms with Gasteiger partial charge in [0.25, 0.3) is 0 Å². The Morgan fingerprint density at radius 3 is 2.60 bits per heavy atom. The van der Waals surface area contributed by atoms with E-state index >= 15 is 0 Å². The zero-order valence-electron chi connectivity index (χ0n) is 10.2. The minimum atomic E-state index is 0.802. The molecule has 2 atom stereocenters. The molecule has 2 rings (SSSR count). The van der Waals surface area contributed by atoms with Crippen LogP contribution in [0, 0.1) is 0 Å². The van der Waals surface area contributed by atoms with Crippen molar-refractivity contribution in [2.75, 3.05) is 19.6 Å². The van der Waals surface area contributed by atoms with Gasteiger partial charge in [-0.15, -0.1) is 0 Å². The van der Waals surface area contributed by atoms with E-state index in [1.165, 1.54) is 58.0 Å². The van der Waals surface area contributed by atoms with Crippen molar-refractivity contribution >= 4 is 0 Å². The predicted octanol–water partition coefficient (Wildman–Crippen LogP) is 2.39. The molecule has 2 heteroatoms. The molecule has 15 heavy (non-hydrogen) atoms. The van der Waals surface area contributed by atoms with Crippen molar-refractivity contribution in [3.63, 3.8) is 0 Å². The van der Waals surface area contributed by atoms with E-state index in [1.807, 2.05) is 0 Å². The normalized spacial score (nSPS) is 34.2. The van der Waals surface area contributed by atoms with Crippen molar-refractivity contribution < 1.29 is 0 Å². The maximum absolute atomic E-state index is 3.63. The maximum atomic E-state index is 3.63. The minimum absolute atomic E-state index is 0.802. The second-order valence-corrected chi connectivity index (χ2v) is 5.17. The summed E-state index contributed by atoms with van der Waals surface area (Å²) in [5.74, 6) is 0. The molecule has 2 nitrogen and oxygen atoms in total. The number of hydrogen-bond donors (Lipinski definition) is 1. The van der Waals surface area contributed by atoms with E-state index < -0.39 is 0 Å². The fourth-order valence-corrected chi connectivity index (χ4v) is 3.25. The highest BCUT2D eigenvalue weighted by atomic mass is 15.2. The summed E-state index contributed by atoms with van der Waals surface area (Å²) in [7, 11) is 0. The Hall–Kier alpha value is -0.0800. The molecular weight excluding hydrogens is 184 g/mol. The van der Waals surface area contributed by atoms with E-state index in [0.29, 0.717) is 0 Å². The fraction of sp³-hybridized carbons (Fsp3) is 1.00. The highest BCUT2D eigenvalue weighted by Crippen LogP contribution is 2.25. The van der Waals surface area contributed by atoms with Crippen molar-refractivity contribution in [2.24, 2.45) is 0 Å². The molecule has 1 heterocycles. The molecule has 0 aromatic carbocycles. The van der Waals surface area contributed by atoms with Crippen molar-refractivity contribution in [2.45, 2.75) is 64.0 Å². The molecule has 0 amide bonds. The maximum Gasteiger partial charge on any atom is 0.0110 e. The van der Waals surface area contributed by atoms with Gasteiger partial charge in [0.05, 0.1) is 0 Å². The standard InChI is InChI=1S/C13H26N2/c1-2-14-12-7-6-8-13(11-12)15-9-4-3-5-10-15/h12-14H,2-11H2,1H3. The van der Waals surface area contributed by atoms with Gasteiger partial charge in [-0.2, -0.15) is 0 Å². The summed E-state index contributed by atoms with van der Waals surface area (Å²) in [4.78, 5) is 2.76. The van der Waals surface area contributed by atoms with Crippen LogP contribution in [0.3, 0.4) is 0 Å². The van der Waals surface area contributed by atoms with E-state index in [2.05, 4.69) is 17.1 Å². The van der Waals surface area contributed by atoms with Crippen LogP contribution in [-0.4, -0.2) is 36.6 Å². The number of nitrogens with zero attached hydrogens (tertiary/aromatic N) is 1. The van der Waals surface area contributed by atoms with E-state index in [1.54, 1.807) is 0 Å². The Kier molecular flexibility index (Phi) is 4.45. The summed E-state index contributed by atoms with van der Waals surface area (Å²) >= 11 is 0. The second-order valence-electron chi connectivity index (χ2n) is 5.17. The van der Waals surface area contributed by atoms with Crippen LogP contribution in [0.15, 0.2) is 0 Å². The van der Waals surface area contributed by atoms with Gasteiger partial charge in [-0.05, 0) is 51.7 Å². The zero-order valence-corrected chi connectivity index (χ0v) is 10.2. The lowest BCUT2D eigenvalue weighted by atomic mass is 9.89. The predicted molar refractivity (Wildman–Crippen MR) is 65.1 cm³/mol. The van der Waals surface area contributed by atoms with Crippen LogP contribution < -0.4 is 5.32 Å². The molecule has 2 aliphatic rings. The summed E-state index contributed by atoms with van der Waals surface area (Å²) in [6, 6.07) is 1.69. The smallest absolute Gasteiger partial charge is 0.0110 e. The van der Waals surface area contributed by atoms with Gasteiger partial charge in [0, 0.05) is 12.1 Å². The molecule has 0 aromatic heterocycles. The van der Waals surface area contributed by atoms with Crippen LogP contribution in [0.5, 0.6) is 0 Å². The van der Waals surface area contributed by atoms with Crippen molar-refractivity contribution in [3.8, 4) is 0 Å². The first-order valence-electron chi connectivity index (χ1n) is 6.87. The monoisotopic (exact) mass is 210 g/mol. The van der Waals surface area contributed by atoms with Gasteiger partial charge in [0.15, 0.2) is 0 Å². The molecule has 2 unspecified atom stereocenters. The van der Waals surface area contributed by atoms with Crippen LogP contribution in [0.1, 0.15) is 51.9 Å². The second kappa shape index (κ2) is 5.86. The lowest BCUT2D eigenvalue weighted by molar-refractivity contribution is 0.117. The molecule has 1 N–H and O–H groups in total. The van der Waals surface area contributed by atoms with Crippen LogP contribution in [-0.2, 0) is 0 Å². The molecule has 1 saturated heterocycles. The van der Waals surface area contributed by atoms with Gasteiger partial charge in [-0.3, -0.25) is 0 Å². The number of hydrogen-bond acceptors (Lipinski definition) is 2. The number of likely N-dealkylation sites (tertiary alicyclic amines) is 1. The van der Waals surface area contributed by atoms with Gasteiger partial charge in [0.2, 0.25) is 0 Å². The Morgan fingerprint density at radius 2 is 1.87 bits per heavy atom. The topological polar surface area (TPSA) is 15.3 Å². The third kappa shape index (κ3) is 3.18. The van der Waals surface area contributed by atoms with Crippen LogP contribution in [0.25, 0.3) is 0 Å². The van der Waals surface area contributed by atoms with Gasteiger partial charge in [-0.1, -0.05) is 19.8 Å². The molecule has 0 radical (unpaired) electrons. The Balaban J connectivity index is 1.80. The molecular formula is C13H26N2. The van der Waals surface area contributed by atoms with E-state index in [-0.39, 0.29) is 0 Å². The summed E-state index contributed by atoms with van der Waals surface area (Å²) in [5, 5.41) is 3.63. The van der Waals surface area contributed by atoms with Crippen molar-refractivity contribution in [3.05, 3.63) is 0 Å². The lowest BCUT2D eigenvalue weighted by Crippen LogP contribution is -2.46. The van der Waals surface area contributed by atoms with Gasteiger partial charge >= 0.3 is 0 Å². The van der Waals surface area contributed by atoms with Crippen LogP contribution >= 0.6 is 0 Å². The lowest BCUT2D eigenvalue weighted by Gasteiger charge is -2.39. The quantitative estimate of drug-likeness (QED) is 0.769. The van der Waals surface area contributed by atoms with Gasteiger partial charge in [-0.25, -0.2) is 0 Å². The summed E-state index contributed by atoms with van der Waals surface area (Å²) in [6.45, 7) is 6.09. The Bertz CT molecular complexity index is 173. The first-order chi connectivity index (χ1) is 7.40.